The van der Waals surface area contributed by atoms with Gasteiger partial charge in [-0.2, -0.15) is 5.10 Å². The van der Waals surface area contributed by atoms with Gasteiger partial charge in [-0.15, -0.1) is 0 Å². The van der Waals surface area contributed by atoms with Crippen LogP contribution >= 0.6 is 0 Å². The standard InChI is InChI=1S/C12H22N4O2/c1-18-10-4-6-14-12(17)11-13-5-2-8-16-9-3-7-15-16/h3,7,9,13H,2,4-6,8,10-11H2,1H3,(H,14,17). The molecule has 0 aliphatic carbocycles. The first-order valence-electron chi connectivity index (χ1n) is 6.26. The maximum absolute atomic E-state index is 11.4. The van der Waals surface area contributed by atoms with Gasteiger partial charge in [0.1, 0.15) is 0 Å². The van der Waals surface area contributed by atoms with Gasteiger partial charge in [0.2, 0.25) is 5.91 Å². The number of nitrogens with zero attached hydrogens (tertiary/aromatic N) is 2. The van der Waals surface area contributed by atoms with Crippen molar-refractivity contribution in [1.82, 2.24) is 20.4 Å². The molecule has 1 aromatic rings. The first-order chi connectivity index (χ1) is 8.83. The van der Waals surface area contributed by atoms with Crippen LogP contribution in [0.15, 0.2) is 18.5 Å². The lowest BCUT2D eigenvalue weighted by Gasteiger charge is -2.06. The SMILES string of the molecule is COCCCNC(=O)CNCCCn1cccn1. The average Bonchev–Trinajstić information content (AvgIpc) is 2.87. The van der Waals surface area contributed by atoms with E-state index in [1.165, 1.54) is 0 Å². The van der Waals surface area contributed by atoms with Crippen LogP contribution in [0.1, 0.15) is 12.8 Å². The highest BCUT2D eigenvalue weighted by Gasteiger charge is 1.99. The Balaban J connectivity index is 1.89. The van der Waals surface area contributed by atoms with Gasteiger partial charge in [0.05, 0.1) is 6.54 Å². The van der Waals surface area contributed by atoms with Crippen molar-refractivity contribution in [3.8, 4) is 0 Å². The van der Waals surface area contributed by atoms with E-state index in [0.29, 0.717) is 19.7 Å². The van der Waals surface area contributed by atoms with Crippen molar-refractivity contribution in [1.29, 1.82) is 0 Å². The van der Waals surface area contributed by atoms with Crippen LogP contribution in [0.4, 0.5) is 0 Å². The number of carbonyl (C=O) groups is 1. The Hall–Kier alpha value is -1.40. The number of carbonyl (C=O) groups excluding carboxylic acids is 1. The van der Waals surface area contributed by atoms with Crippen LogP contribution in [0.3, 0.4) is 0 Å². The second-order valence-corrected chi connectivity index (χ2v) is 4.00. The topological polar surface area (TPSA) is 68.2 Å². The van der Waals surface area contributed by atoms with Crippen LogP contribution in [0.5, 0.6) is 0 Å². The molecule has 0 saturated heterocycles. The molecular formula is C12H22N4O2. The van der Waals surface area contributed by atoms with Gasteiger partial charge in [-0.05, 0) is 25.5 Å². The molecule has 0 fully saturated rings. The minimum atomic E-state index is 0.0326. The average molecular weight is 254 g/mol. The van der Waals surface area contributed by atoms with Crippen molar-refractivity contribution in [3.05, 3.63) is 18.5 Å². The number of nitrogens with one attached hydrogen (secondary N) is 2. The molecule has 1 aromatic heterocycles. The largest absolute Gasteiger partial charge is 0.385 e. The number of hydrogen-bond acceptors (Lipinski definition) is 4. The van der Waals surface area contributed by atoms with Crippen molar-refractivity contribution in [2.24, 2.45) is 0 Å². The Labute approximate surface area is 108 Å². The summed E-state index contributed by atoms with van der Waals surface area (Å²) in [5, 5.41) is 10.0. The molecule has 102 valence electrons. The Morgan fingerprint density at radius 1 is 1.39 bits per heavy atom. The van der Waals surface area contributed by atoms with Gasteiger partial charge in [-0.25, -0.2) is 0 Å². The van der Waals surface area contributed by atoms with Gasteiger partial charge in [0.15, 0.2) is 0 Å². The number of methoxy groups -OCH3 is 1. The first kappa shape index (κ1) is 14.7. The smallest absolute Gasteiger partial charge is 0.233 e. The molecule has 0 radical (unpaired) electrons. The van der Waals surface area contributed by atoms with Crippen molar-refractivity contribution >= 4 is 5.91 Å². The Bertz CT molecular complexity index is 314. The lowest BCUT2D eigenvalue weighted by atomic mass is 10.4. The van der Waals surface area contributed by atoms with Gasteiger partial charge in [-0.1, -0.05) is 0 Å². The molecule has 0 aromatic carbocycles. The molecule has 1 rings (SSSR count). The maximum atomic E-state index is 11.4. The fourth-order valence-corrected chi connectivity index (χ4v) is 1.51. The third-order valence-electron chi connectivity index (χ3n) is 2.43. The van der Waals surface area contributed by atoms with Gasteiger partial charge in [-0.3, -0.25) is 9.48 Å². The monoisotopic (exact) mass is 254 g/mol. The predicted octanol–water partition coefficient (Wildman–Crippen LogP) is 0.0155. The zero-order valence-electron chi connectivity index (χ0n) is 10.9. The fourth-order valence-electron chi connectivity index (χ4n) is 1.51. The van der Waals surface area contributed by atoms with E-state index < -0.39 is 0 Å². The summed E-state index contributed by atoms with van der Waals surface area (Å²) in [6.45, 7) is 3.39. The van der Waals surface area contributed by atoms with E-state index in [0.717, 1.165) is 25.9 Å². The zero-order chi connectivity index (χ0) is 13.1. The lowest BCUT2D eigenvalue weighted by molar-refractivity contribution is -0.120. The highest BCUT2D eigenvalue weighted by Crippen LogP contribution is 1.87. The van der Waals surface area contributed by atoms with Gasteiger partial charge < -0.3 is 15.4 Å². The molecule has 1 amide bonds. The van der Waals surface area contributed by atoms with Gasteiger partial charge >= 0.3 is 0 Å². The van der Waals surface area contributed by atoms with Crippen LogP contribution in [0.25, 0.3) is 0 Å². The van der Waals surface area contributed by atoms with E-state index in [-0.39, 0.29) is 5.91 Å². The molecule has 0 bridgehead atoms. The molecule has 0 unspecified atom stereocenters. The van der Waals surface area contributed by atoms with Crippen LogP contribution in [0, 0.1) is 0 Å². The summed E-state index contributed by atoms with van der Waals surface area (Å²) in [6, 6.07) is 1.90. The minimum Gasteiger partial charge on any atom is -0.385 e. The molecule has 0 aliphatic rings. The Kier molecular flexibility index (Phi) is 7.83. The highest BCUT2D eigenvalue weighted by atomic mass is 16.5. The van der Waals surface area contributed by atoms with Crippen LogP contribution in [-0.4, -0.2) is 49.0 Å². The van der Waals surface area contributed by atoms with Crippen molar-refractivity contribution in [2.45, 2.75) is 19.4 Å². The van der Waals surface area contributed by atoms with Crippen LogP contribution < -0.4 is 10.6 Å². The minimum absolute atomic E-state index is 0.0326. The molecule has 6 nitrogen and oxygen atoms in total. The van der Waals surface area contributed by atoms with Crippen molar-refractivity contribution in [2.75, 3.05) is 33.4 Å². The molecule has 18 heavy (non-hydrogen) atoms. The predicted molar refractivity (Wildman–Crippen MR) is 69.2 cm³/mol. The molecular weight excluding hydrogens is 232 g/mol. The van der Waals surface area contributed by atoms with E-state index in [9.17, 15) is 4.79 Å². The second kappa shape index (κ2) is 9.61. The lowest BCUT2D eigenvalue weighted by Crippen LogP contribution is -2.35. The number of aromatic nitrogens is 2. The number of ether oxygens (including phenoxy) is 1. The molecule has 0 spiro atoms. The van der Waals surface area contributed by atoms with E-state index in [1.54, 1.807) is 13.3 Å². The fraction of sp³-hybridized carbons (Fsp3) is 0.667. The van der Waals surface area contributed by atoms with Gasteiger partial charge in [0, 0.05) is 39.2 Å². The number of aryl methyl sites for hydroxylation is 1. The van der Waals surface area contributed by atoms with Crippen LogP contribution in [0.2, 0.25) is 0 Å². The van der Waals surface area contributed by atoms with E-state index in [2.05, 4.69) is 15.7 Å². The first-order valence-corrected chi connectivity index (χ1v) is 6.26. The summed E-state index contributed by atoms with van der Waals surface area (Å²) in [4.78, 5) is 11.4. The molecule has 6 heteroatoms. The molecule has 1 heterocycles. The summed E-state index contributed by atoms with van der Waals surface area (Å²) in [7, 11) is 1.66. The summed E-state index contributed by atoms with van der Waals surface area (Å²) in [5.41, 5.74) is 0. The molecule has 0 aliphatic heterocycles. The third-order valence-corrected chi connectivity index (χ3v) is 2.43. The summed E-state index contributed by atoms with van der Waals surface area (Å²) >= 11 is 0. The number of amides is 1. The van der Waals surface area contributed by atoms with E-state index >= 15 is 0 Å². The summed E-state index contributed by atoms with van der Waals surface area (Å²) < 4.78 is 6.78. The van der Waals surface area contributed by atoms with Crippen LogP contribution in [-0.2, 0) is 16.1 Å². The summed E-state index contributed by atoms with van der Waals surface area (Å²) in [6.07, 6.45) is 5.50. The number of rotatable bonds is 10. The van der Waals surface area contributed by atoms with Gasteiger partial charge in [0.25, 0.3) is 0 Å². The normalized spacial score (nSPS) is 10.5. The van der Waals surface area contributed by atoms with E-state index in [1.807, 2.05) is 16.9 Å². The van der Waals surface area contributed by atoms with E-state index in [4.69, 9.17) is 4.74 Å². The number of hydrogen-bond donors (Lipinski definition) is 2. The second-order valence-electron chi connectivity index (χ2n) is 4.00. The molecule has 2 N–H and O–H groups in total. The van der Waals surface area contributed by atoms with Crippen molar-refractivity contribution < 1.29 is 9.53 Å². The Morgan fingerprint density at radius 3 is 3.00 bits per heavy atom. The molecule has 0 saturated carbocycles. The summed E-state index contributed by atoms with van der Waals surface area (Å²) in [5.74, 6) is 0.0326. The van der Waals surface area contributed by atoms with Crippen molar-refractivity contribution in [3.63, 3.8) is 0 Å². The highest BCUT2D eigenvalue weighted by molar-refractivity contribution is 5.77. The maximum Gasteiger partial charge on any atom is 0.233 e. The third kappa shape index (κ3) is 7.03. The zero-order valence-corrected chi connectivity index (χ0v) is 10.9. The molecule has 0 atom stereocenters. The Morgan fingerprint density at radius 2 is 2.28 bits per heavy atom. The quantitative estimate of drug-likeness (QED) is 0.577.